The van der Waals surface area contributed by atoms with Crippen molar-refractivity contribution in [2.75, 3.05) is 52.4 Å². The predicted octanol–water partition coefficient (Wildman–Crippen LogP) is 3.40. The number of hydrogen-bond donors (Lipinski definition) is 0. The van der Waals surface area contributed by atoms with Gasteiger partial charge in [-0.05, 0) is 37.1 Å². The molecule has 1 amide bonds. The Hall–Kier alpha value is -3.03. The average molecular weight is 441 g/mol. The number of anilines is 1. The van der Waals surface area contributed by atoms with Crippen LogP contribution in [0.5, 0.6) is 17.2 Å². The molecule has 0 unspecified atom stereocenters. The van der Waals surface area contributed by atoms with Gasteiger partial charge < -0.3 is 24.0 Å². The molecule has 0 spiro atoms. The molecule has 32 heavy (non-hydrogen) atoms. The highest BCUT2D eigenvalue weighted by atomic mass is 16.5. The molecule has 0 bridgehead atoms. The van der Waals surface area contributed by atoms with E-state index < -0.39 is 0 Å². The number of ether oxygens (including phenoxy) is 3. The number of amides is 1. The molecule has 1 aromatic heterocycles. The van der Waals surface area contributed by atoms with Crippen LogP contribution in [0, 0.1) is 5.92 Å². The van der Waals surface area contributed by atoms with Gasteiger partial charge in [0.15, 0.2) is 17.3 Å². The maximum Gasteiger partial charge on any atom is 0.225 e. The summed E-state index contributed by atoms with van der Waals surface area (Å²) < 4.78 is 16.3. The highest BCUT2D eigenvalue weighted by Crippen LogP contribution is 2.40. The second-order valence-corrected chi connectivity index (χ2v) is 8.34. The van der Waals surface area contributed by atoms with Crippen LogP contribution in [0.3, 0.4) is 0 Å². The molecule has 2 aromatic rings. The van der Waals surface area contributed by atoms with Crippen molar-refractivity contribution < 1.29 is 19.0 Å². The van der Waals surface area contributed by atoms with Crippen molar-refractivity contribution in [3.05, 3.63) is 24.3 Å². The Balaban J connectivity index is 1.42. The van der Waals surface area contributed by atoms with Gasteiger partial charge in [-0.2, -0.15) is 0 Å². The first-order valence-corrected chi connectivity index (χ1v) is 11.3. The van der Waals surface area contributed by atoms with Gasteiger partial charge in [-0.15, -0.1) is 10.2 Å². The maximum absolute atomic E-state index is 12.8. The summed E-state index contributed by atoms with van der Waals surface area (Å²) in [6.07, 6.45) is 5.73. The lowest BCUT2D eigenvalue weighted by Crippen LogP contribution is -2.50. The van der Waals surface area contributed by atoms with Gasteiger partial charge in [0, 0.05) is 37.7 Å². The van der Waals surface area contributed by atoms with E-state index in [1.165, 1.54) is 19.3 Å². The molecule has 2 fully saturated rings. The van der Waals surface area contributed by atoms with E-state index in [-0.39, 0.29) is 5.92 Å². The molecule has 8 nitrogen and oxygen atoms in total. The number of benzene rings is 1. The van der Waals surface area contributed by atoms with Crippen LogP contribution >= 0.6 is 0 Å². The quantitative estimate of drug-likeness (QED) is 0.681. The SMILES string of the molecule is COc1cc(-c2ccc(N3CCN(C(=O)C4CCCCC4)CC3)nn2)cc(OC)c1OC. The van der Waals surface area contributed by atoms with E-state index in [9.17, 15) is 4.79 Å². The highest BCUT2D eigenvalue weighted by molar-refractivity contribution is 5.79. The number of carbonyl (C=O) groups is 1. The summed E-state index contributed by atoms with van der Waals surface area (Å²) in [5.41, 5.74) is 1.56. The fraction of sp³-hybridized carbons (Fsp3) is 0.542. The van der Waals surface area contributed by atoms with Crippen molar-refractivity contribution in [1.82, 2.24) is 15.1 Å². The first-order valence-electron chi connectivity index (χ1n) is 11.3. The van der Waals surface area contributed by atoms with Crippen molar-refractivity contribution in [1.29, 1.82) is 0 Å². The summed E-state index contributed by atoms with van der Waals surface area (Å²) in [5, 5.41) is 8.89. The lowest BCUT2D eigenvalue weighted by molar-refractivity contribution is -0.136. The van der Waals surface area contributed by atoms with E-state index in [1.807, 2.05) is 29.2 Å². The molecule has 172 valence electrons. The van der Waals surface area contributed by atoms with Crippen molar-refractivity contribution in [3.8, 4) is 28.5 Å². The zero-order chi connectivity index (χ0) is 22.5. The van der Waals surface area contributed by atoms with Crippen molar-refractivity contribution in [3.63, 3.8) is 0 Å². The summed E-state index contributed by atoms with van der Waals surface area (Å²) in [7, 11) is 4.76. The fourth-order valence-electron chi connectivity index (χ4n) is 4.64. The Morgan fingerprint density at radius 2 is 1.53 bits per heavy atom. The van der Waals surface area contributed by atoms with Crippen LogP contribution in [0.25, 0.3) is 11.3 Å². The monoisotopic (exact) mass is 440 g/mol. The molecule has 8 heteroatoms. The number of carbonyl (C=O) groups excluding carboxylic acids is 1. The molecule has 4 rings (SSSR count). The van der Waals surface area contributed by atoms with E-state index in [4.69, 9.17) is 14.2 Å². The normalized spacial score (nSPS) is 17.2. The van der Waals surface area contributed by atoms with Crippen LogP contribution in [-0.4, -0.2) is 68.5 Å². The van der Waals surface area contributed by atoms with E-state index in [0.29, 0.717) is 23.2 Å². The van der Waals surface area contributed by atoms with E-state index in [1.54, 1.807) is 21.3 Å². The third-order valence-electron chi connectivity index (χ3n) is 6.48. The number of rotatable bonds is 6. The summed E-state index contributed by atoms with van der Waals surface area (Å²) >= 11 is 0. The van der Waals surface area contributed by atoms with Gasteiger partial charge in [0.1, 0.15) is 0 Å². The molecule has 1 aromatic carbocycles. The molecule has 1 aliphatic heterocycles. The van der Waals surface area contributed by atoms with Crippen molar-refractivity contribution in [2.24, 2.45) is 5.92 Å². The van der Waals surface area contributed by atoms with Crippen molar-refractivity contribution >= 4 is 11.7 Å². The summed E-state index contributed by atoms with van der Waals surface area (Å²) in [5.74, 6) is 3.09. The van der Waals surface area contributed by atoms with Crippen LogP contribution in [0.1, 0.15) is 32.1 Å². The smallest absolute Gasteiger partial charge is 0.225 e. The minimum atomic E-state index is 0.229. The van der Waals surface area contributed by atoms with Gasteiger partial charge in [0.25, 0.3) is 0 Å². The topological polar surface area (TPSA) is 77.0 Å². The van der Waals surface area contributed by atoms with Crippen LogP contribution in [0.15, 0.2) is 24.3 Å². The average Bonchev–Trinajstić information content (AvgIpc) is 2.88. The van der Waals surface area contributed by atoms with Gasteiger partial charge in [-0.25, -0.2) is 0 Å². The Kier molecular flexibility index (Phi) is 6.97. The lowest BCUT2D eigenvalue weighted by atomic mass is 9.88. The molecule has 0 atom stereocenters. The molecule has 1 saturated heterocycles. The molecule has 1 saturated carbocycles. The Bertz CT molecular complexity index is 895. The Labute approximate surface area is 189 Å². The summed E-state index contributed by atoms with van der Waals surface area (Å²) in [6, 6.07) is 7.65. The molecule has 2 heterocycles. The second-order valence-electron chi connectivity index (χ2n) is 8.34. The first-order chi connectivity index (χ1) is 15.6. The van der Waals surface area contributed by atoms with Crippen LogP contribution < -0.4 is 19.1 Å². The molecule has 0 radical (unpaired) electrons. The molecule has 0 N–H and O–H groups in total. The standard InChI is InChI=1S/C24H32N4O4/c1-30-20-15-18(16-21(31-2)23(20)32-3)19-9-10-22(26-25-19)27-11-13-28(14-12-27)24(29)17-7-5-4-6-8-17/h9-10,15-17H,4-8,11-14H2,1-3H3. The van der Waals surface area contributed by atoms with Gasteiger partial charge in [0.05, 0.1) is 27.0 Å². The van der Waals surface area contributed by atoms with Crippen LogP contribution in [0.2, 0.25) is 0 Å². The number of piperazine rings is 1. The molecular formula is C24H32N4O4. The van der Waals surface area contributed by atoms with E-state index in [0.717, 1.165) is 56.1 Å². The highest BCUT2D eigenvalue weighted by Gasteiger charge is 2.28. The van der Waals surface area contributed by atoms with Gasteiger partial charge in [-0.3, -0.25) is 4.79 Å². The lowest BCUT2D eigenvalue weighted by Gasteiger charge is -2.37. The van der Waals surface area contributed by atoms with Crippen molar-refractivity contribution in [2.45, 2.75) is 32.1 Å². The third kappa shape index (κ3) is 4.59. The largest absolute Gasteiger partial charge is 0.493 e. The van der Waals surface area contributed by atoms with Gasteiger partial charge in [0.2, 0.25) is 11.7 Å². The molecule has 2 aliphatic rings. The third-order valence-corrected chi connectivity index (χ3v) is 6.48. The number of nitrogens with zero attached hydrogens (tertiary/aromatic N) is 4. The minimum absolute atomic E-state index is 0.229. The van der Waals surface area contributed by atoms with Crippen LogP contribution in [0.4, 0.5) is 5.82 Å². The minimum Gasteiger partial charge on any atom is -0.493 e. The van der Waals surface area contributed by atoms with E-state index >= 15 is 0 Å². The molecular weight excluding hydrogens is 408 g/mol. The summed E-state index contributed by atoms with van der Waals surface area (Å²) in [6.45, 7) is 3.03. The van der Waals surface area contributed by atoms with Gasteiger partial charge >= 0.3 is 0 Å². The zero-order valence-electron chi connectivity index (χ0n) is 19.2. The zero-order valence-corrected chi connectivity index (χ0v) is 19.2. The predicted molar refractivity (Wildman–Crippen MR) is 122 cm³/mol. The maximum atomic E-state index is 12.8. The number of hydrogen-bond acceptors (Lipinski definition) is 7. The summed E-state index contributed by atoms with van der Waals surface area (Å²) in [4.78, 5) is 17.0. The Morgan fingerprint density at radius 3 is 2.06 bits per heavy atom. The fourth-order valence-corrected chi connectivity index (χ4v) is 4.64. The number of methoxy groups -OCH3 is 3. The molecule has 1 aliphatic carbocycles. The Morgan fingerprint density at radius 1 is 0.875 bits per heavy atom. The van der Waals surface area contributed by atoms with E-state index in [2.05, 4.69) is 15.1 Å². The second kappa shape index (κ2) is 10.1. The van der Waals surface area contributed by atoms with Crippen LogP contribution in [-0.2, 0) is 4.79 Å². The number of aromatic nitrogens is 2. The van der Waals surface area contributed by atoms with Gasteiger partial charge in [-0.1, -0.05) is 19.3 Å². The first kappa shape index (κ1) is 22.2.